The van der Waals surface area contributed by atoms with Crippen LogP contribution in [0.1, 0.15) is 11.3 Å². The van der Waals surface area contributed by atoms with Gasteiger partial charge in [0.2, 0.25) is 0 Å². The summed E-state index contributed by atoms with van der Waals surface area (Å²) in [4.78, 5) is 26.8. The van der Waals surface area contributed by atoms with E-state index < -0.39 is 5.69 Å². The first kappa shape index (κ1) is 7.09. The lowest BCUT2D eigenvalue weighted by Crippen LogP contribution is -2.28. The largest absolute Gasteiger partial charge is 0.325 e. The highest BCUT2D eigenvalue weighted by Gasteiger charge is 2.09. The topological polar surface area (TPSA) is 65.7 Å². The summed E-state index contributed by atoms with van der Waals surface area (Å²) < 4.78 is 0. The molecule has 1 aliphatic carbocycles. The van der Waals surface area contributed by atoms with Gasteiger partial charge >= 0.3 is 5.69 Å². The number of rotatable bonds is 0. The monoisotopic (exact) mass is 164 g/mol. The molecule has 0 bridgehead atoms. The maximum atomic E-state index is 11.2. The Morgan fingerprint density at radius 2 is 1.83 bits per heavy atom. The molecule has 0 spiro atoms. The van der Waals surface area contributed by atoms with E-state index in [2.05, 4.69) is 9.97 Å². The van der Waals surface area contributed by atoms with Crippen LogP contribution in [0.25, 0.3) is 0 Å². The Hall–Kier alpha value is -1.58. The summed E-state index contributed by atoms with van der Waals surface area (Å²) in [5.74, 6) is 0. The van der Waals surface area contributed by atoms with Gasteiger partial charge in [-0.25, -0.2) is 4.79 Å². The zero-order chi connectivity index (χ0) is 8.55. The van der Waals surface area contributed by atoms with Crippen molar-refractivity contribution in [2.75, 3.05) is 0 Å². The van der Waals surface area contributed by atoms with Gasteiger partial charge in [0.15, 0.2) is 0 Å². The van der Waals surface area contributed by atoms with Crippen molar-refractivity contribution >= 4 is 0 Å². The standard InChI is InChI=1S/C8H8N2O2/c11-7-5-3-1-2-4-6(5)9-8(12)10-7/h1-2H,3-4H2,(H2,9,10,11,12). The molecule has 1 aromatic rings. The fourth-order valence-corrected chi connectivity index (χ4v) is 1.35. The SMILES string of the molecule is O=c1[nH]c2c(c(=O)[nH]1)CC=CC2. The number of nitrogens with one attached hydrogen (secondary N) is 2. The number of aromatic nitrogens is 2. The quantitative estimate of drug-likeness (QED) is 0.518. The maximum Gasteiger partial charge on any atom is 0.325 e. The summed E-state index contributed by atoms with van der Waals surface area (Å²) in [5, 5.41) is 0. The molecule has 0 aromatic carbocycles. The third kappa shape index (κ3) is 1.01. The number of allylic oxidation sites excluding steroid dienone is 2. The summed E-state index contributed by atoms with van der Waals surface area (Å²) in [6.45, 7) is 0. The second-order valence-corrected chi connectivity index (χ2v) is 2.75. The van der Waals surface area contributed by atoms with Crippen LogP contribution in [0, 0.1) is 0 Å². The molecule has 0 radical (unpaired) electrons. The van der Waals surface area contributed by atoms with Gasteiger partial charge in [-0.05, 0) is 6.42 Å². The molecule has 0 saturated heterocycles. The van der Waals surface area contributed by atoms with Gasteiger partial charge in [0.25, 0.3) is 5.56 Å². The normalized spacial score (nSPS) is 14.3. The molecule has 2 rings (SSSR count). The highest BCUT2D eigenvalue weighted by Crippen LogP contribution is 2.06. The Morgan fingerprint density at radius 1 is 1.08 bits per heavy atom. The summed E-state index contributed by atoms with van der Waals surface area (Å²) in [7, 11) is 0. The van der Waals surface area contributed by atoms with Crippen molar-refractivity contribution in [3.05, 3.63) is 44.2 Å². The maximum absolute atomic E-state index is 11.2. The molecule has 2 N–H and O–H groups in total. The first-order valence-electron chi connectivity index (χ1n) is 3.77. The first-order valence-corrected chi connectivity index (χ1v) is 3.77. The molecule has 1 aliphatic rings. The Labute approximate surface area is 68.0 Å². The molecular weight excluding hydrogens is 156 g/mol. The van der Waals surface area contributed by atoms with Gasteiger partial charge in [0.05, 0.1) is 0 Å². The molecule has 62 valence electrons. The van der Waals surface area contributed by atoms with Crippen molar-refractivity contribution in [2.45, 2.75) is 12.8 Å². The molecular formula is C8H8N2O2. The van der Waals surface area contributed by atoms with Crippen molar-refractivity contribution in [2.24, 2.45) is 0 Å². The minimum absolute atomic E-state index is 0.266. The summed E-state index contributed by atoms with van der Waals surface area (Å²) in [6, 6.07) is 0. The van der Waals surface area contributed by atoms with Crippen molar-refractivity contribution in [1.29, 1.82) is 0 Å². The third-order valence-corrected chi connectivity index (χ3v) is 1.94. The first-order chi connectivity index (χ1) is 5.77. The fraction of sp³-hybridized carbons (Fsp3) is 0.250. The van der Waals surface area contributed by atoms with Crippen LogP contribution in [0.4, 0.5) is 0 Å². The predicted molar refractivity (Wildman–Crippen MR) is 44.2 cm³/mol. The molecule has 0 atom stereocenters. The zero-order valence-corrected chi connectivity index (χ0v) is 6.39. The van der Waals surface area contributed by atoms with E-state index in [4.69, 9.17) is 0 Å². The number of H-pyrrole nitrogens is 2. The molecule has 0 aliphatic heterocycles. The van der Waals surface area contributed by atoms with Crippen molar-refractivity contribution in [3.8, 4) is 0 Å². The Morgan fingerprint density at radius 3 is 2.67 bits per heavy atom. The van der Waals surface area contributed by atoms with Crippen LogP contribution in [0.2, 0.25) is 0 Å². The minimum atomic E-state index is -0.422. The molecule has 0 fully saturated rings. The molecule has 0 unspecified atom stereocenters. The van der Waals surface area contributed by atoms with Crippen LogP contribution in [0.5, 0.6) is 0 Å². The van der Waals surface area contributed by atoms with Crippen molar-refractivity contribution in [3.63, 3.8) is 0 Å². The lowest BCUT2D eigenvalue weighted by atomic mass is 10.0. The van der Waals surface area contributed by atoms with E-state index in [1.807, 2.05) is 12.2 Å². The van der Waals surface area contributed by atoms with E-state index >= 15 is 0 Å². The van der Waals surface area contributed by atoms with Crippen LogP contribution in [0.15, 0.2) is 21.7 Å². The van der Waals surface area contributed by atoms with Gasteiger partial charge in [-0.2, -0.15) is 0 Å². The second kappa shape index (κ2) is 2.48. The number of aromatic amines is 2. The van der Waals surface area contributed by atoms with E-state index in [9.17, 15) is 9.59 Å². The average molecular weight is 164 g/mol. The molecule has 1 aromatic heterocycles. The summed E-state index contributed by atoms with van der Waals surface area (Å²) in [5.41, 5.74) is 0.732. The lowest BCUT2D eigenvalue weighted by molar-refractivity contribution is 0.897. The van der Waals surface area contributed by atoms with Crippen LogP contribution < -0.4 is 11.2 Å². The van der Waals surface area contributed by atoms with Crippen LogP contribution >= 0.6 is 0 Å². The molecule has 4 heteroatoms. The number of hydrogen-bond donors (Lipinski definition) is 2. The summed E-state index contributed by atoms with van der Waals surface area (Å²) >= 11 is 0. The number of fused-ring (bicyclic) bond motifs is 1. The molecule has 0 saturated carbocycles. The van der Waals surface area contributed by atoms with Crippen molar-refractivity contribution < 1.29 is 0 Å². The smallest absolute Gasteiger partial charge is 0.311 e. The minimum Gasteiger partial charge on any atom is -0.311 e. The van der Waals surface area contributed by atoms with Gasteiger partial charge in [-0.1, -0.05) is 12.2 Å². The Balaban J connectivity index is 2.73. The molecule has 4 nitrogen and oxygen atoms in total. The molecule has 1 heterocycles. The second-order valence-electron chi connectivity index (χ2n) is 2.75. The molecule has 12 heavy (non-hydrogen) atoms. The fourth-order valence-electron chi connectivity index (χ4n) is 1.35. The van der Waals surface area contributed by atoms with E-state index in [1.165, 1.54) is 0 Å². The van der Waals surface area contributed by atoms with Crippen LogP contribution in [-0.2, 0) is 12.8 Å². The average Bonchev–Trinajstić information content (AvgIpc) is 2.04. The van der Waals surface area contributed by atoms with Crippen molar-refractivity contribution in [1.82, 2.24) is 9.97 Å². The zero-order valence-electron chi connectivity index (χ0n) is 6.39. The van der Waals surface area contributed by atoms with E-state index in [-0.39, 0.29) is 5.56 Å². The van der Waals surface area contributed by atoms with E-state index in [0.717, 1.165) is 5.69 Å². The van der Waals surface area contributed by atoms with Gasteiger partial charge in [0.1, 0.15) is 0 Å². The van der Waals surface area contributed by atoms with E-state index in [0.29, 0.717) is 18.4 Å². The summed E-state index contributed by atoms with van der Waals surface area (Å²) in [6.07, 6.45) is 5.13. The van der Waals surface area contributed by atoms with Gasteiger partial charge in [-0.15, -0.1) is 0 Å². The Kier molecular flexibility index (Phi) is 1.46. The highest BCUT2D eigenvalue weighted by molar-refractivity contribution is 5.25. The van der Waals surface area contributed by atoms with Gasteiger partial charge in [-0.3, -0.25) is 9.78 Å². The lowest BCUT2D eigenvalue weighted by Gasteiger charge is -2.07. The number of hydrogen-bond acceptors (Lipinski definition) is 2. The van der Waals surface area contributed by atoms with Crippen LogP contribution in [-0.4, -0.2) is 9.97 Å². The van der Waals surface area contributed by atoms with Crippen LogP contribution in [0.3, 0.4) is 0 Å². The Bertz CT molecular complexity index is 439. The predicted octanol–water partition coefficient (Wildman–Crippen LogP) is -0.282. The molecule has 0 amide bonds. The van der Waals surface area contributed by atoms with Gasteiger partial charge in [0, 0.05) is 17.7 Å². The van der Waals surface area contributed by atoms with Gasteiger partial charge < -0.3 is 4.98 Å². The van der Waals surface area contributed by atoms with E-state index in [1.54, 1.807) is 0 Å². The highest BCUT2D eigenvalue weighted by atomic mass is 16.2. The third-order valence-electron chi connectivity index (χ3n) is 1.94.